The monoisotopic (exact) mass is 313 g/mol. The highest BCUT2D eigenvalue weighted by molar-refractivity contribution is 7.89. The highest BCUT2D eigenvalue weighted by Crippen LogP contribution is 2.18. The lowest BCUT2D eigenvalue weighted by Crippen LogP contribution is -2.24. The van der Waals surface area contributed by atoms with Crippen LogP contribution in [-0.4, -0.2) is 13.5 Å². The molecular formula is C14H13F2NO3S. The number of benzene rings is 2. The molecule has 112 valence electrons. The molecule has 0 aromatic heterocycles. The Morgan fingerprint density at radius 2 is 1.76 bits per heavy atom. The molecule has 0 bridgehead atoms. The second-order valence-corrected chi connectivity index (χ2v) is 6.10. The van der Waals surface area contributed by atoms with Crippen LogP contribution in [0.25, 0.3) is 0 Å². The van der Waals surface area contributed by atoms with Gasteiger partial charge in [0.1, 0.15) is 11.6 Å². The lowest BCUT2D eigenvalue weighted by Gasteiger charge is -2.10. The molecule has 0 saturated heterocycles. The molecule has 2 aromatic carbocycles. The number of aliphatic hydroxyl groups is 1. The summed E-state index contributed by atoms with van der Waals surface area (Å²) in [6, 6.07) is 8.56. The van der Waals surface area contributed by atoms with Gasteiger partial charge in [-0.3, -0.25) is 0 Å². The van der Waals surface area contributed by atoms with Crippen LogP contribution >= 0.6 is 0 Å². The van der Waals surface area contributed by atoms with E-state index in [0.717, 1.165) is 12.1 Å². The molecule has 0 fully saturated rings. The first kappa shape index (κ1) is 15.6. The predicted molar refractivity (Wildman–Crippen MR) is 72.7 cm³/mol. The molecule has 0 radical (unpaired) electrons. The Morgan fingerprint density at radius 3 is 2.43 bits per heavy atom. The zero-order chi connectivity index (χ0) is 15.5. The zero-order valence-corrected chi connectivity index (χ0v) is 11.7. The van der Waals surface area contributed by atoms with Crippen molar-refractivity contribution in [1.29, 1.82) is 0 Å². The molecule has 0 amide bonds. The second kappa shape index (κ2) is 6.30. The van der Waals surface area contributed by atoms with Crippen LogP contribution in [0.4, 0.5) is 8.78 Å². The molecule has 2 N–H and O–H groups in total. The van der Waals surface area contributed by atoms with Crippen molar-refractivity contribution in [3.63, 3.8) is 0 Å². The van der Waals surface area contributed by atoms with Gasteiger partial charge in [-0.25, -0.2) is 21.9 Å². The third kappa shape index (κ3) is 3.84. The quantitative estimate of drug-likeness (QED) is 0.886. The maximum atomic E-state index is 13.2. The van der Waals surface area contributed by atoms with Gasteiger partial charge >= 0.3 is 0 Å². The molecule has 0 aliphatic rings. The Morgan fingerprint density at radius 1 is 1.05 bits per heavy atom. The van der Waals surface area contributed by atoms with Gasteiger partial charge in [0.05, 0.1) is 11.5 Å². The van der Waals surface area contributed by atoms with Crippen molar-refractivity contribution in [3.05, 3.63) is 65.2 Å². The second-order valence-electron chi connectivity index (χ2n) is 4.36. The van der Waals surface area contributed by atoms with E-state index in [-0.39, 0.29) is 17.0 Å². The average molecular weight is 313 g/mol. The minimum absolute atomic E-state index is 0.0862. The summed E-state index contributed by atoms with van der Waals surface area (Å²) in [6.07, 6.45) is 0. The molecular weight excluding hydrogens is 300 g/mol. The number of halogens is 2. The van der Waals surface area contributed by atoms with Crippen molar-refractivity contribution < 1.29 is 22.3 Å². The molecule has 0 aliphatic heterocycles. The number of nitrogens with one attached hydrogen (secondary N) is 1. The molecule has 0 heterocycles. The van der Waals surface area contributed by atoms with Gasteiger partial charge in [0.2, 0.25) is 10.0 Å². The Bertz CT molecular complexity index is 748. The molecule has 0 saturated carbocycles. The fourth-order valence-electron chi connectivity index (χ4n) is 1.81. The minimum Gasteiger partial charge on any atom is -0.392 e. The van der Waals surface area contributed by atoms with Gasteiger partial charge in [0.25, 0.3) is 0 Å². The molecule has 7 heteroatoms. The van der Waals surface area contributed by atoms with Crippen LogP contribution < -0.4 is 4.72 Å². The highest BCUT2D eigenvalue weighted by Gasteiger charge is 2.19. The van der Waals surface area contributed by atoms with Crippen molar-refractivity contribution in [2.24, 2.45) is 0 Å². The Balaban J connectivity index is 2.24. The van der Waals surface area contributed by atoms with E-state index in [9.17, 15) is 17.2 Å². The van der Waals surface area contributed by atoms with E-state index in [1.54, 1.807) is 6.07 Å². The van der Waals surface area contributed by atoms with E-state index >= 15 is 0 Å². The Labute approximate surface area is 121 Å². The molecule has 0 unspecified atom stereocenters. The first-order valence-corrected chi connectivity index (χ1v) is 7.54. The highest BCUT2D eigenvalue weighted by atomic mass is 32.2. The average Bonchev–Trinajstić information content (AvgIpc) is 2.45. The fourth-order valence-corrected chi connectivity index (χ4v) is 3.07. The summed E-state index contributed by atoms with van der Waals surface area (Å²) in [6.45, 7) is -0.669. The lowest BCUT2D eigenvalue weighted by molar-refractivity contribution is 0.278. The summed E-state index contributed by atoms with van der Waals surface area (Å²) in [7, 11) is -4.01. The standard InChI is InChI=1S/C14H13F2NO3S/c15-12-3-1-2-10(6-12)8-17-21(19,20)14-7-13(16)5-4-11(14)9-18/h1-7,17-18H,8-9H2. The molecule has 2 aromatic rings. The van der Waals surface area contributed by atoms with Crippen LogP contribution in [0.5, 0.6) is 0 Å². The van der Waals surface area contributed by atoms with Gasteiger partial charge in [-0.1, -0.05) is 18.2 Å². The van der Waals surface area contributed by atoms with Crippen LogP contribution in [0.3, 0.4) is 0 Å². The smallest absolute Gasteiger partial charge is 0.241 e. The van der Waals surface area contributed by atoms with E-state index in [1.165, 1.54) is 24.3 Å². The van der Waals surface area contributed by atoms with Crippen LogP contribution in [0.15, 0.2) is 47.4 Å². The molecule has 21 heavy (non-hydrogen) atoms. The van der Waals surface area contributed by atoms with Gasteiger partial charge in [0.15, 0.2) is 0 Å². The van der Waals surface area contributed by atoms with Crippen molar-refractivity contribution in [2.45, 2.75) is 18.0 Å². The van der Waals surface area contributed by atoms with Gasteiger partial charge in [-0.05, 0) is 35.4 Å². The summed E-state index contributed by atoms with van der Waals surface area (Å²) in [4.78, 5) is -0.332. The third-order valence-electron chi connectivity index (χ3n) is 2.84. The van der Waals surface area contributed by atoms with Gasteiger partial charge in [-0.15, -0.1) is 0 Å². The van der Waals surface area contributed by atoms with Gasteiger partial charge in [-0.2, -0.15) is 0 Å². The normalized spacial score (nSPS) is 11.6. The number of rotatable bonds is 5. The molecule has 2 rings (SSSR count). The molecule has 0 aliphatic carbocycles. The van der Waals surface area contributed by atoms with Crippen molar-refractivity contribution in [3.8, 4) is 0 Å². The first-order valence-electron chi connectivity index (χ1n) is 6.06. The fraction of sp³-hybridized carbons (Fsp3) is 0.143. The summed E-state index contributed by atoms with van der Waals surface area (Å²) in [5.74, 6) is -1.20. The van der Waals surface area contributed by atoms with Crippen molar-refractivity contribution in [1.82, 2.24) is 4.72 Å². The summed E-state index contributed by atoms with van der Waals surface area (Å²) < 4.78 is 52.8. The van der Waals surface area contributed by atoms with E-state index in [1.807, 2.05) is 0 Å². The van der Waals surface area contributed by atoms with E-state index in [2.05, 4.69) is 4.72 Å². The Hall–Kier alpha value is -1.83. The lowest BCUT2D eigenvalue weighted by atomic mass is 10.2. The maximum Gasteiger partial charge on any atom is 0.241 e. The maximum absolute atomic E-state index is 13.2. The van der Waals surface area contributed by atoms with Crippen LogP contribution in [0.2, 0.25) is 0 Å². The largest absolute Gasteiger partial charge is 0.392 e. The molecule has 0 atom stereocenters. The topological polar surface area (TPSA) is 66.4 Å². The SMILES string of the molecule is O=S(=O)(NCc1cccc(F)c1)c1cc(F)ccc1CO. The van der Waals surface area contributed by atoms with Crippen LogP contribution in [0.1, 0.15) is 11.1 Å². The van der Waals surface area contributed by atoms with Gasteiger partial charge in [0, 0.05) is 6.54 Å². The van der Waals surface area contributed by atoms with Crippen LogP contribution in [-0.2, 0) is 23.2 Å². The zero-order valence-electron chi connectivity index (χ0n) is 10.9. The number of sulfonamides is 1. The van der Waals surface area contributed by atoms with E-state index in [4.69, 9.17) is 5.11 Å². The predicted octanol–water partition coefficient (Wildman–Crippen LogP) is 1.94. The van der Waals surface area contributed by atoms with Crippen molar-refractivity contribution in [2.75, 3.05) is 0 Å². The van der Waals surface area contributed by atoms with Crippen LogP contribution in [0, 0.1) is 11.6 Å². The number of hydrogen-bond donors (Lipinski definition) is 2. The van der Waals surface area contributed by atoms with Gasteiger partial charge < -0.3 is 5.11 Å². The third-order valence-corrected chi connectivity index (χ3v) is 4.33. The number of hydrogen-bond acceptors (Lipinski definition) is 3. The van der Waals surface area contributed by atoms with Crippen molar-refractivity contribution >= 4 is 10.0 Å². The number of aliphatic hydroxyl groups excluding tert-OH is 1. The summed E-state index contributed by atoms with van der Waals surface area (Å²) in [5.41, 5.74) is 0.517. The summed E-state index contributed by atoms with van der Waals surface area (Å²) >= 11 is 0. The minimum atomic E-state index is -4.01. The first-order chi connectivity index (χ1) is 9.92. The Kier molecular flexibility index (Phi) is 4.66. The summed E-state index contributed by atoms with van der Waals surface area (Å²) in [5, 5.41) is 9.13. The van der Waals surface area contributed by atoms with E-state index in [0.29, 0.717) is 5.56 Å². The van der Waals surface area contributed by atoms with E-state index < -0.39 is 28.3 Å². The molecule has 0 spiro atoms. The molecule has 4 nitrogen and oxygen atoms in total.